The Labute approximate surface area is 131 Å². The number of amides is 1. The first-order valence-corrected chi connectivity index (χ1v) is 7.94. The van der Waals surface area contributed by atoms with Crippen molar-refractivity contribution in [1.82, 2.24) is 9.80 Å². The molecule has 0 aliphatic carbocycles. The predicted octanol–water partition coefficient (Wildman–Crippen LogP) is 1.69. The molecule has 0 saturated carbocycles. The summed E-state index contributed by atoms with van der Waals surface area (Å²) in [6.07, 6.45) is 1.60. The molecule has 1 amide bonds. The summed E-state index contributed by atoms with van der Waals surface area (Å²) in [5.41, 5.74) is 1.14. The molecule has 0 bridgehead atoms. The summed E-state index contributed by atoms with van der Waals surface area (Å²) < 4.78 is 11.0. The molecule has 2 fully saturated rings. The van der Waals surface area contributed by atoms with E-state index in [2.05, 4.69) is 18.0 Å². The van der Waals surface area contributed by atoms with E-state index in [1.54, 1.807) is 7.11 Å². The molecule has 1 aromatic carbocycles. The highest BCUT2D eigenvalue weighted by atomic mass is 16.5. The molecule has 2 heterocycles. The molecule has 120 valence electrons. The molecule has 0 spiro atoms. The highest BCUT2D eigenvalue weighted by Crippen LogP contribution is 2.31. The minimum absolute atomic E-state index is 0.144. The first-order valence-electron chi connectivity index (χ1n) is 7.94. The van der Waals surface area contributed by atoms with Crippen LogP contribution in [0.3, 0.4) is 0 Å². The van der Waals surface area contributed by atoms with Gasteiger partial charge in [0.05, 0.1) is 13.2 Å². The van der Waals surface area contributed by atoms with Gasteiger partial charge in [-0.25, -0.2) is 0 Å². The summed E-state index contributed by atoms with van der Waals surface area (Å²) in [6, 6.07) is 8.21. The van der Waals surface area contributed by atoms with Crippen LogP contribution in [-0.4, -0.2) is 62.2 Å². The van der Waals surface area contributed by atoms with Gasteiger partial charge in [-0.3, -0.25) is 9.69 Å². The monoisotopic (exact) mass is 304 g/mol. The third-order valence-corrected chi connectivity index (χ3v) is 4.66. The number of likely N-dealkylation sites (N-methyl/N-ethyl adjacent to an activating group) is 1. The number of piperazine rings is 1. The number of hydrogen-bond acceptors (Lipinski definition) is 4. The summed E-state index contributed by atoms with van der Waals surface area (Å²) in [6.45, 7) is 3.03. The number of ether oxygens (including phenoxy) is 2. The number of methoxy groups -OCH3 is 1. The molecule has 2 saturated heterocycles. The van der Waals surface area contributed by atoms with Gasteiger partial charge in [-0.1, -0.05) is 18.2 Å². The average molecular weight is 304 g/mol. The number of para-hydroxylation sites is 1. The maximum atomic E-state index is 12.6. The number of benzene rings is 1. The molecule has 2 atom stereocenters. The van der Waals surface area contributed by atoms with Crippen LogP contribution in [0.15, 0.2) is 24.3 Å². The van der Waals surface area contributed by atoms with Crippen molar-refractivity contribution >= 4 is 5.91 Å². The largest absolute Gasteiger partial charge is 0.496 e. The fraction of sp³-hybridized carbons (Fsp3) is 0.588. The first kappa shape index (κ1) is 15.3. The first-order chi connectivity index (χ1) is 10.7. The van der Waals surface area contributed by atoms with E-state index in [1.807, 2.05) is 23.1 Å². The number of rotatable bonds is 3. The summed E-state index contributed by atoms with van der Waals surface area (Å²) in [5, 5.41) is 0. The Hall–Kier alpha value is -1.59. The smallest absolute Gasteiger partial charge is 0.251 e. The van der Waals surface area contributed by atoms with E-state index in [0.717, 1.165) is 37.2 Å². The zero-order valence-corrected chi connectivity index (χ0v) is 13.3. The second-order valence-electron chi connectivity index (χ2n) is 6.02. The summed E-state index contributed by atoms with van der Waals surface area (Å²) in [5.74, 6) is 1.02. The zero-order chi connectivity index (χ0) is 15.5. The lowest BCUT2D eigenvalue weighted by Gasteiger charge is -2.40. The van der Waals surface area contributed by atoms with E-state index >= 15 is 0 Å². The Morgan fingerprint density at radius 3 is 2.86 bits per heavy atom. The van der Waals surface area contributed by atoms with Crippen molar-refractivity contribution in [3.05, 3.63) is 29.8 Å². The molecule has 2 unspecified atom stereocenters. The van der Waals surface area contributed by atoms with Crippen LogP contribution in [0.4, 0.5) is 0 Å². The molecule has 2 aliphatic heterocycles. The Balaban J connectivity index is 1.77. The molecule has 3 rings (SSSR count). The van der Waals surface area contributed by atoms with Crippen molar-refractivity contribution in [3.63, 3.8) is 0 Å². The number of carbonyl (C=O) groups excluding carboxylic acids is 1. The van der Waals surface area contributed by atoms with Crippen LogP contribution in [0.5, 0.6) is 5.75 Å². The van der Waals surface area contributed by atoms with E-state index in [4.69, 9.17) is 9.47 Å². The number of carbonyl (C=O) groups is 1. The Kier molecular flexibility index (Phi) is 4.64. The molecule has 0 radical (unpaired) electrons. The van der Waals surface area contributed by atoms with E-state index < -0.39 is 0 Å². The fourth-order valence-corrected chi connectivity index (χ4v) is 3.33. The molecule has 5 nitrogen and oxygen atoms in total. The van der Waals surface area contributed by atoms with Crippen LogP contribution in [0.25, 0.3) is 0 Å². The lowest BCUT2D eigenvalue weighted by molar-refractivity contribution is -0.143. The van der Waals surface area contributed by atoms with Gasteiger partial charge in [-0.15, -0.1) is 0 Å². The SMILES string of the molecule is COc1ccccc1C1CN(C(=O)C2CCCO2)CCN1C. The van der Waals surface area contributed by atoms with Gasteiger partial charge in [0.1, 0.15) is 11.9 Å². The van der Waals surface area contributed by atoms with Gasteiger partial charge in [0.15, 0.2) is 0 Å². The lowest BCUT2D eigenvalue weighted by Crippen LogP contribution is -2.51. The highest BCUT2D eigenvalue weighted by molar-refractivity contribution is 5.81. The van der Waals surface area contributed by atoms with Gasteiger partial charge in [0.2, 0.25) is 0 Å². The van der Waals surface area contributed by atoms with Crippen molar-refractivity contribution in [2.24, 2.45) is 0 Å². The van der Waals surface area contributed by atoms with Gasteiger partial charge >= 0.3 is 0 Å². The number of nitrogens with zero attached hydrogens (tertiary/aromatic N) is 2. The second-order valence-corrected chi connectivity index (χ2v) is 6.02. The zero-order valence-electron chi connectivity index (χ0n) is 13.3. The summed E-state index contributed by atoms with van der Waals surface area (Å²) in [4.78, 5) is 16.8. The fourth-order valence-electron chi connectivity index (χ4n) is 3.33. The highest BCUT2D eigenvalue weighted by Gasteiger charge is 2.34. The van der Waals surface area contributed by atoms with Crippen molar-refractivity contribution in [3.8, 4) is 5.75 Å². The summed E-state index contributed by atoms with van der Waals surface area (Å²) >= 11 is 0. The van der Waals surface area contributed by atoms with E-state index in [-0.39, 0.29) is 18.1 Å². The van der Waals surface area contributed by atoms with Gasteiger partial charge < -0.3 is 14.4 Å². The van der Waals surface area contributed by atoms with Crippen LogP contribution in [0.2, 0.25) is 0 Å². The third kappa shape index (κ3) is 2.96. The average Bonchev–Trinajstić information content (AvgIpc) is 3.09. The van der Waals surface area contributed by atoms with Crippen molar-refractivity contribution in [2.45, 2.75) is 25.0 Å². The maximum absolute atomic E-state index is 12.6. The normalized spacial score (nSPS) is 26.2. The quantitative estimate of drug-likeness (QED) is 0.852. The summed E-state index contributed by atoms with van der Waals surface area (Å²) in [7, 11) is 3.79. The van der Waals surface area contributed by atoms with E-state index in [0.29, 0.717) is 13.2 Å². The van der Waals surface area contributed by atoms with Crippen LogP contribution in [0, 0.1) is 0 Å². The molecular formula is C17H24N2O3. The Bertz CT molecular complexity index is 528. The van der Waals surface area contributed by atoms with Gasteiger partial charge in [-0.2, -0.15) is 0 Å². The van der Waals surface area contributed by atoms with Crippen molar-refractivity contribution in [2.75, 3.05) is 40.4 Å². The van der Waals surface area contributed by atoms with E-state index in [9.17, 15) is 4.79 Å². The Morgan fingerprint density at radius 1 is 1.32 bits per heavy atom. The Morgan fingerprint density at radius 2 is 2.14 bits per heavy atom. The lowest BCUT2D eigenvalue weighted by atomic mass is 10.0. The van der Waals surface area contributed by atoms with E-state index in [1.165, 1.54) is 0 Å². The third-order valence-electron chi connectivity index (χ3n) is 4.66. The van der Waals surface area contributed by atoms with Gasteiger partial charge in [0, 0.05) is 31.8 Å². The van der Waals surface area contributed by atoms with Crippen LogP contribution in [-0.2, 0) is 9.53 Å². The molecule has 1 aromatic rings. The van der Waals surface area contributed by atoms with Crippen molar-refractivity contribution < 1.29 is 14.3 Å². The molecular weight excluding hydrogens is 280 g/mol. The standard InChI is InChI=1S/C17H24N2O3/c1-18-9-10-19(17(20)16-8-5-11-22-16)12-14(18)13-6-3-4-7-15(13)21-2/h3-4,6-7,14,16H,5,8-12H2,1-2H3. The van der Waals surface area contributed by atoms with Crippen LogP contribution >= 0.6 is 0 Å². The molecule has 22 heavy (non-hydrogen) atoms. The topological polar surface area (TPSA) is 42.0 Å². The minimum Gasteiger partial charge on any atom is -0.496 e. The second kappa shape index (κ2) is 6.67. The molecule has 0 aromatic heterocycles. The van der Waals surface area contributed by atoms with Gasteiger partial charge in [0.25, 0.3) is 5.91 Å². The molecule has 5 heteroatoms. The van der Waals surface area contributed by atoms with Crippen LogP contribution < -0.4 is 4.74 Å². The molecule has 2 aliphatic rings. The molecule has 0 N–H and O–H groups in total. The van der Waals surface area contributed by atoms with Crippen LogP contribution in [0.1, 0.15) is 24.4 Å². The van der Waals surface area contributed by atoms with Gasteiger partial charge in [-0.05, 0) is 26.0 Å². The van der Waals surface area contributed by atoms with Crippen molar-refractivity contribution in [1.29, 1.82) is 0 Å². The maximum Gasteiger partial charge on any atom is 0.251 e. The predicted molar refractivity (Wildman–Crippen MR) is 83.9 cm³/mol. The number of hydrogen-bond donors (Lipinski definition) is 0. The minimum atomic E-state index is -0.235.